The summed E-state index contributed by atoms with van der Waals surface area (Å²) in [6.07, 6.45) is 0. The molecule has 0 radical (unpaired) electrons. The zero-order chi connectivity index (χ0) is 12.3. The van der Waals surface area contributed by atoms with Gasteiger partial charge >= 0.3 is 0 Å². The Labute approximate surface area is 113 Å². The lowest BCUT2D eigenvalue weighted by atomic mass is 10.2. The van der Waals surface area contributed by atoms with Crippen molar-refractivity contribution in [2.24, 2.45) is 0 Å². The van der Waals surface area contributed by atoms with Crippen LogP contribution in [0.2, 0.25) is 0 Å². The van der Waals surface area contributed by atoms with Crippen LogP contribution in [0.3, 0.4) is 0 Å². The van der Waals surface area contributed by atoms with E-state index >= 15 is 0 Å². The predicted molar refractivity (Wildman–Crippen MR) is 78.0 cm³/mol. The van der Waals surface area contributed by atoms with Crippen LogP contribution >= 0.6 is 22.6 Å². The molecule has 1 amide bonds. The average Bonchev–Trinajstić information content (AvgIpc) is 2.32. The molecule has 4 heteroatoms. The van der Waals surface area contributed by atoms with Gasteiger partial charge < -0.3 is 11.1 Å². The number of hydrogen-bond acceptors (Lipinski definition) is 2. The number of anilines is 2. The molecule has 0 saturated heterocycles. The fourth-order valence-corrected chi connectivity index (χ4v) is 2.08. The van der Waals surface area contributed by atoms with Gasteiger partial charge in [0.1, 0.15) is 0 Å². The van der Waals surface area contributed by atoms with Crippen molar-refractivity contribution < 1.29 is 4.79 Å². The molecule has 0 aliphatic heterocycles. The van der Waals surface area contributed by atoms with E-state index in [1.165, 1.54) is 0 Å². The van der Waals surface area contributed by atoms with E-state index in [1.807, 2.05) is 30.3 Å². The van der Waals surface area contributed by atoms with E-state index in [2.05, 4.69) is 27.9 Å². The van der Waals surface area contributed by atoms with Crippen molar-refractivity contribution in [3.8, 4) is 0 Å². The Morgan fingerprint density at radius 3 is 2.41 bits per heavy atom. The lowest BCUT2D eigenvalue weighted by Crippen LogP contribution is -2.14. The molecule has 0 heterocycles. The van der Waals surface area contributed by atoms with Crippen molar-refractivity contribution in [1.29, 1.82) is 0 Å². The molecule has 0 atom stereocenters. The lowest BCUT2D eigenvalue weighted by molar-refractivity contribution is 0.102. The average molecular weight is 338 g/mol. The van der Waals surface area contributed by atoms with Crippen molar-refractivity contribution in [2.75, 3.05) is 11.1 Å². The van der Waals surface area contributed by atoms with Crippen LogP contribution in [0, 0.1) is 3.57 Å². The van der Waals surface area contributed by atoms with Crippen molar-refractivity contribution in [2.45, 2.75) is 0 Å². The van der Waals surface area contributed by atoms with Crippen molar-refractivity contribution in [3.63, 3.8) is 0 Å². The molecule has 2 aromatic rings. The summed E-state index contributed by atoms with van der Waals surface area (Å²) < 4.78 is 0.914. The fraction of sp³-hybridized carbons (Fsp3) is 0. The second-order valence-electron chi connectivity index (χ2n) is 3.52. The normalized spacial score (nSPS) is 9.94. The third-order valence-corrected chi connectivity index (χ3v) is 3.27. The number of hydrogen-bond donors (Lipinski definition) is 2. The predicted octanol–water partition coefficient (Wildman–Crippen LogP) is 3.13. The van der Waals surface area contributed by atoms with Gasteiger partial charge in [0, 0.05) is 3.57 Å². The maximum atomic E-state index is 12.0. The molecule has 0 fully saturated rings. The number of halogens is 1. The van der Waals surface area contributed by atoms with Crippen molar-refractivity contribution >= 4 is 39.9 Å². The molecule has 0 saturated carbocycles. The number of amides is 1. The first-order chi connectivity index (χ1) is 8.18. The van der Waals surface area contributed by atoms with Crippen LogP contribution in [-0.4, -0.2) is 5.91 Å². The Morgan fingerprint density at radius 1 is 1.06 bits per heavy atom. The number of carbonyl (C=O) groups is 1. The maximum Gasteiger partial charge on any atom is 0.256 e. The van der Waals surface area contributed by atoms with Crippen LogP contribution in [0.5, 0.6) is 0 Å². The summed E-state index contributed by atoms with van der Waals surface area (Å²) in [6, 6.07) is 14.6. The number of rotatable bonds is 2. The van der Waals surface area contributed by atoms with Gasteiger partial charge in [-0.3, -0.25) is 4.79 Å². The number of nitrogen functional groups attached to an aromatic ring is 1. The summed E-state index contributed by atoms with van der Waals surface area (Å²) in [4.78, 5) is 12.0. The first kappa shape index (κ1) is 11.9. The summed E-state index contributed by atoms with van der Waals surface area (Å²) in [5, 5.41) is 2.80. The van der Waals surface area contributed by atoms with Crippen LogP contribution in [0.4, 0.5) is 11.4 Å². The minimum absolute atomic E-state index is 0.145. The van der Waals surface area contributed by atoms with E-state index in [1.54, 1.807) is 18.2 Å². The van der Waals surface area contributed by atoms with Gasteiger partial charge in [0.15, 0.2) is 0 Å². The molecule has 0 unspecified atom stereocenters. The van der Waals surface area contributed by atoms with Crippen molar-refractivity contribution in [1.82, 2.24) is 0 Å². The van der Waals surface area contributed by atoms with Gasteiger partial charge in [0.2, 0.25) is 0 Å². The molecular formula is C13H11IN2O. The highest BCUT2D eigenvalue weighted by Crippen LogP contribution is 2.19. The highest BCUT2D eigenvalue weighted by molar-refractivity contribution is 14.1. The third kappa shape index (κ3) is 2.76. The van der Waals surface area contributed by atoms with Gasteiger partial charge in [-0.2, -0.15) is 0 Å². The Kier molecular flexibility index (Phi) is 3.63. The molecule has 0 aliphatic carbocycles. The highest BCUT2D eigenvalue weighted by atomic mass is 127. The zero-order valence-corrected chi connectivity index (χ0v) is 11.1. The van der Waals surface area contributed by atoms with Crippen LogP contribution in [0.15, 0.2) is 48.5 Å². The second kappa shape index (κ2) is 5.18. The van der Waals surface area contributed by atoms with Crippen LogP contribution in [-0.2, 0) is 0 Å². The number of benzene rings is 2. The van der Waals surface area contributed by atoms with Gasteiger partial charge in [-0.25, -0.2) is 0 Å². The van der Waals surface area contributed by atoms with Gasteiger partial charge in [-0.05, 0) is 46.9 Å². The van der Waals surface area contributed by atoms with E-state index in [4.69, 9.17) is 5.73 Å². The SMILES string of the molecule is Nc1ccccc1NC(=O)c1ccccc1I. The Hall–Kier alpha value is -1.56. The minimum Gasteiger partial charge on any atom is -0.397 e. The van der Waals surface area contributed by atoms with E-state index in [-0.39, 0.29) is 5.91 Å². The molecule has 0 aromatic heterocycles. The van der Waals surface area contributed by atoms with E-state index in [0.717, 1.165) is 3.57 Å². The Bertz CT molecular complexity index is 555. The summed E-state index contributed by atoms with van der Waals surface area (Å²) in [5.74, 6) is -0.145. The van der Waals surface area contributed by atoms with E-state index < -0.39 is 0 Å². The molecule has 0 aliphatic rings. The first-order valence-corrected chi connectivity index (χ1v) is 6.17. The molecule has 86 valence electrons. The van der Waals surface area contributed by atoms with E-state index in [9.17, 15) is 4.79 Å². The molecule has 2 aromatic carbocycles. The van der Waals surface area contributed by atoms with Gasteiger partial charge in [0.25, 0.3) is 5.91 Å². The third-order valence-electron chi connectivity index (χ3n) is 2.33. The minimum atomic E-state index is -0.145. The monoisotopic (exact) mass is 338 g/mol. The molecular weight excluding hydrogens is 327 g/mol. The maximum absolute atomic E-state index is 12.0. The highest BCUT2D eigenvalue weighted by Gasteiger charge is 2.10. The molecule has 0 bridgehead atoms. The largest absolute Gasteiger partial charge is 0.397 e. The van der Waals surface area contributed by atoms with Crippen LogP contribution < -0.4 is 11.1 Å². The van der Waals surface area contributed by atoms with Gasteiger partial charge in [-0.1, -0.05) is 24.3 Å². The topological polar surface area (TPSA) is 55.1 Å². The molecule has 2 rings (SSSR count). The second-order valence-corrected chi connectivity index (χ2v) is 4.68. The smallest absolute Gasteiger partial charge is 0.256 e. The summed E-state index contributed by atoms with van der Waals surface area (Å²) in [7, 11) is 0. The van der Waals surface area contributed by atoms with Crippen molar-refractivity contribution in [3.05, 3.63) is 57.7 Å². The summed E-state index contributed by atoms with van der Waals surface area (Å²) >= 11 is 2.13. The summed E-state index contributed by atoms with van der Waals surface area (Å²) in [5.41, 5.74) is 7.62. The standard InChI is InChI=1S/C13H11IN2O/c14-10-6-2-1-5-9(10)13(17)16-12-8-4-3-7-11(12)15/h1-8H,15H2,(H,16,17). The van der Waals surface area contributed by atoms with E-state index in [0.29, 0.717) is 16.9 Å². The Balaban J connectivity index is 2.24. The molecule has 17 heavy (non-hydrogen) atoms. The number of nitrogens with two attached hydrogens (primary N) is 1. The number of para-hydroxylation sites is 2. The number of carbonyl (C=O) groups excluding carboxylic acids is 1. The van der Waals surface area contributed by atoms with Gasteiger partial charge in [-0.15, -0.1) is 0 Å². The lowest BCUT2D eigenvalue weighted by Gasteiger charge is -2.08. The van der Waals surface area contributed by atoms with Crippen LogP contribution in [0.25, 0.3) is 0 Å². The fourth-order valence-electron chi connectivity index (χ4n) is 1.45. The quantitative estimate of drug-likeness (QED) is 0.653. The summed E-state index contributed by atoms with van der Waals surface area (Å²) in [6.45, 7) is 0. The molecule has 3 N–H and O–H groups in total. The zero-order valence-electron chi connectivity index (χ0n) is 8.98. The van der Waals surface area contributed by atoms with Gasteiger partial charge in [0.05, 0.1) is 16.9 Å². The van der Waals surface area contributed by atoms with Crippen LogP contribution in [0.1, 0.15) is 10.4 Å². The molecule has 0 spiro atoms. The number of nitrogens with one attached hydrogen (secondary N) is 1. The first-order valence-electron chi connectivity index (χ1n) is 5.09. The Morgan fingerprint density at radius 2 is 1.71 bits per heavy atom. The molecule has 3 nitrogen and oxygen atoms in total.